The number of aliphatic hydroxyl groups is 1. The summed E-state index contributed by atoms with van der Waals surface area (Å²) < 4.78 is 9.16. The quantitative estimate of drug-likeness (QED) is 0.525. The van der Waals surface area contributed by atoms with Crippen molar-refractivity contribution in [3.63, 3.8) is 0 Å². The molecule has 0 aliphatic carbocycles. The van der Waals surface area contributed by atoms with Gasteiger partial charge < -0.3 is 20.3 Å². The Morgan fingerprint density at radius 1 is 1.36 bits per heavy atom. The van der Waals surface area contributed by atoms with Crippen LogP contribution >= 0.6 is 0 Å². The van der Waals surface area contributed by atoms with E-state index in [-0.39, 0.29) is 5.57 Å². The first kappa shape index (κ1) is 20.6. The zero-order chi connectivity index (χ0) is 17.0. The fraction of sp³-hybridized carbons (Fsp3) is 0.750. The van der Waals surface area contributed by atoms with Crippen LogP contribution in [-0.4, -0.2) is 36.0 Å². The lowest BCUT2D eigenvalue weighted by molar-refractivity contribution is -0.153. The van der Waals surface area contributed by atoms with Crippen molar-refractivity contribution in [3.8, 4) is 0 Å². The molecule has 6 nitrogen and oxygen atoms in total. The van der Waals surface area contributed by atoms with Gasteiger partial charge in [0.25, 0.3) is 0 Å². The van der Waals surface area contributed by atoms with Crippen molar-refractivity contribution in [1.82, 2.24) is 0 Å². The van der Waals surface area contributed by atoms with E-state index in [4.69, 9.17) is 15.6 Å². The predicted octanol–water partition coefficient (Wildman–Crippen LogP) is 2.05. The van der Waals surface area contributed by atoms with Crippen LogP contribution in [0.5, 0.6) is 0 Å². The first-order chi connectivity index (χ1) is 10.4. The molecule has 0 fully saturated rings. The lowest BCUT2D eigenvalue weighted by Crippen LogP contribution is -2.22. The predicted molar refractivity (Wildman–Crippen MR) is 83.8 cm³/mol. The Hall–Kier alpha value is -1.40. The number of hydrogen-bond donors (Lipinski definition) is 2. The van der Waals surface area contributed by atoms with Crippen LogP contribution in [0.3, 0.4) is 0 Å². The molecule has 0 saturated heterocycles. The van der Waals surface area contributed by atoms with Crippen LogP contribution in [0.4, 0.5) is 0 Å². The lowest BCUT2D eigenvalue weighted by Gasteiger charge is -2.14. The van der Waals surface area contributed by atoms with Gasteiger partial charge in [0.15, 0.2) is 0 Å². The van der Waals surface area contributed by atoms with Crippen LogP contribution in [0, 0.1) is 0 Å². The summed E-state index contributed by atoms with van der Waals surface area (Å²) in [5, 5.41) is 9.14. The number of aliphatic hydroxyl groups excluding tert-OH is 1. The molecule has 0 saturated carbocycles. The zero-order valence-corrected chi connectivity index (χ0v) is 13.8. The molecule has 1 aliphatic heterocycles. The van der Waals surface area contributed by atoms with E-state index in [1.54, 1.807) is 6.92 Å². The number of nitrogens with two attached hydrogens (primary N) is 1. The minimum absolute atomic E-state index is 0.264. The molecule has 0 radical (unpaired) electrons. The van der Waals surface area contributed by atoms with E-state index >= 15 is 0 Å². The number of unbranched alkanes of at least 4 members (excludes halogenated alkanes) is 5. The molecule has 0 amide bonds. The zero-order valence-electron chi connectivity index (χ0n) is 13.8. The van der Waals surface area contributed by atoms with Gasteiger partial charge in [-0.05, 0) is 19.9 Å². The van der Waals surface area contributed by atoms with E-state index in [1.807, 2.05) is 0 Å². The van der Waals surface area contributed by atoms with Gasteiger partial charge in [-0.3, -0.25) is 4.79 Å². The highest BCUT2D eigenvalue weighted by atomic mass is 16.6. The molecule has 0 aromatic rings. The van der Waals surface area contributed by atoms with Crippen LogP contribution in [-0.2, 0) is 19.1 Å². The smallest absolute Gasteiger partial charge is 0.333 e. The molecule has 1 heterocycles. The maximum absolute atomic E-state index is 10.7. The van der Waals surface area contributed by atoms with Crippen LogP contribution in [0.25, 0.3) is 0 Å². The van der Waals surface area contributed by atoms with Gasteiger partial charge in [-0.25, -0.2) is 4.79 Å². The maximum atomic E-state index is 10.7. The van der Waals surface area contributed by atoms with Gasteiger partial charge in [-0.1, -0.05) is 39.0 Å². The molecule has 2 unspecified atom stereocenters. The molecule has 1 rings (SSSR count). The highest BCUT2D eigenvalue weighted by Gasteiger charge is 2.29. The summed E-state index contributed by atoms with van der Waals surface area (Å²) >= 11 is 0. The van der Waals surface area contributed by atoms with Crippen molar-refractivity contribution in [2.75, 3.05) is 6.54 Å². The van der Waals surface area contributed by atoms with Crippen molar-refractivity contribution in [2.24, 2.45) is 5.73 Å². The Labute approximate surface area is 132 Å². The van der Waals surface area contributed by atoms with Crippen molar-refractivity contribution >= 4 is 11.9 Å². The van der Waals surface area contributed by atoms with Crippen LogP contribution in [0.2, 0.25) is 0 Å². The molecule has 2 atom stereocenters. The highest BCUT2D eigenvalue weighted by Crippen LogP contribution is 2.18. The summed E-state index contributed by atoms with van der Waals surface area (Å²) in [4.78, 5) is 21.2. The largest absolute Gasteiger partial charge is 0.458 e. The summed E-state index contributed by atoms with van der Waals surface area (Å²) in [6.07, 6.45) is 7.24. The molecule has 128 valence electrons. The van der Waals surface area contributed by atoms with Crippen molar-refractivity contribution in [2.45, 2.75) is 71.7 Å². The Morgan fingerprint density at radius 2 is 1.95 bits per heavy atom. The number of carbonyl (C=O) groups is 2. The average molecular weight is 315 g/mol. The SMILES string of the molecule is CC(=O)OC(C)C1=CC(=O)OC1O.CCCCCCCCN. The van der Waals surface area contributed by atoms with Crippen LogP contribution < -0.4 is 5.73 Å². The van der Waals surface area contributed by atoms with Gasteiger partial charge in [-0.2, -0.15) is 0 Å². The fourth-order valence-electron chi connectivity index (χ4n) is 1.98. The molecular weight excluding hydrogens is 286 g/mol. The molecule has 6 heteroatoms. The molecule has 0 spiro atoms. The minimum atomic E-state index is -1.29. The molecule has 0 aromatic heterocycles. The summed E-state index contributed by atoms with van der Waals surface area (Å²) in [7, 11) is 0. The van der Waals surface area contributed by atoms with Gasteiger partial charge in [0.05, 0.1) is 0 Å². The Bertz CT molecular complexity index is 362. The van der Waals surface area contributed by atoms with Gasteiger partial charge in [0.2, 0.25) is 6.29 Å². The Balaban J connectivity index is 0.000000433. The topological polar surface area (TPSA) is 98.9 Å². The highest BCUT2D eigenvalue weighted by molar-refractivity contribution is 5.86. The number of hydrogen-bond acceptors (Lipinski definition) is 6. The third kappa shape index (κ3) is 9.52. The van der Waals surface area contributed by atoms with Crippen molar-refractivity contribution in [3.05, 3.63) is 11.6 Å². The van der Waals surface area contributed by atoms with E-state index in [0.717, 1.165) is 12.6 Å². The number of ether oxygens (including phenoxy) is 2. The maximum Gasteiger partial charge on any atom is 0.333 e. The third-order valence-electron chi connectivity index (χ3n) is 3.17. The molecule has 0 aromatic carbocycles. The summed E-state index contributed by atoms with van der Waals surface area (Å²) in [5.74, 6) is -1.10. The molecule has 1 aliphatic rings. The van der Waals surface area contributed by atoms with Crippen molar-refractivity contribution < 1.29 is 24.2 Å². The van der Waals surface area contributed by atoms with Gasteiger partial charge in [0, 0.05) is 18.6 Å². The number of rotatable bonds is 8. The van der Waals surface area contributed by atoms with E-state index in [0.29, 0.717) is 0 Å². The number of esters is 2. The second-order valence-electron chi connectivity index (χ2n) is 5.24. The molecule has 0 bridgehead atoms. The first-order valence-corrected chi connectivity index (χ1v) is 7.89. The number of cyclic esters (lactones) is 1. The summed E-state index contributed by atoms with van der Waals surface area (Å²) in [5.41, 5.74) is 5.61. The Kier molecular flexibility index (Phi) is 11.4. The lowest BCUT2D eigenvalue weighted by atomic mass is 10.1. The van der Waals surface area contributed by atoms with Gasteiger partial charge >= 0.3 is 11.9 Å². The summed E-state index contributed by atoms with van der Waals surface area (Å²) in [6.45, 7) is 5.91. The molecular formula is C16H29NO5. The van der Waals surface area contributed by atoms with Crippen LogP contribution in [0.15, 0.2) is 11.6 Å². The van der Waals surface area contributed by atoms with Crippen LogP contribution in [0.1, 0.15) is 59.3 Å². The number of carbonyl (C=O) groups excluding carboxylic acids is 2. The molecule has 22 heavy (non-hydrogen) atoms. The van der Waals surface area contributed by atoms with E-state index in [1.165, 1.54) is 45.4 Å². The van der Waals surface area contributed by atoms with Crippen molar-refractivity contribution in [1.29, 1.82) is 0 Å². The standard InChI is InChI=1S/C8H19N.C8H10O5/c1-2-3-4-5-6-7-8-9;1-4(12-5(2)9)6-3-7(10)13-8(6)11/h2-9H2,1H3;3-4,8,11H,1-2H3. The second kappa shape index (κ2) is 12.2. The summed E-state index contributed by atoms with van der Waals surface area (Å²) in [6, 6.07) is 0. The van der Waals surface area contributed by atoms with Gasteiger partial charge in [-0.15, -0.1) is 0 Å². The second-order valence-corrected chi connectivity index (χ2v) is 5.24. The minimum Gasteiger partial charge on any atom is -0.458 e. The van der Waals surface area contributed by atoms with E-state index in [9.17, 15) is 9.59 Å². The van der Waals surface area contributed by atoms with E-state index in [2.05, 4.69) is 11.7 Å². The average Bonchev–Trinajstić information content (AvgIpc) is 2.78. The Morgan fingerprint density at radius 3 is 2.41 bits per heavy atom. The van der Waals surface area contributed by atoms with Gasteiger partial charge in [0.1, 0.15) is 6.10 Å². The van der Waals surface area contributed by atoms with E-state index < -0.39 is 24.3 Å². The monoisotopic (exact) mass is 315 g/mol. The fourth-order valence-corrected chi connectivity index (χ4v) is 1.98. The third-order valence-corrected chi connectivity index (χ3v) is 3.17. The first-order valence-electron chi connectivity index (χ1n) is 7.89. The normalized spacial score (nSPS) is 18.0. The molecule has 3 N–H and O–H groups in total.